The first-order chi connectivity index (χ1) is 7.90. The third kappa shape index (κ3) is 2.87. The second-order valence-corrected chi connectivity index (χ2v) is 4.55. The molecule has 2 heterocycles. The summed E-state index contributed by atoms with van der Waals surface area (Å²) in [5.41, 5.74) is 0.984. The van der Waals surface area contributed by atoms with Crippen molar-refractivity contribution in [1.29, 1.82) is 0 Å². The Morgan fingerprint density at radius 2 is 2.31 bits per heavy atom. The minimum absolute atomic E-state index is 0.419. The molecule has 4 heteroatoms. The first-order valence-electron chi connectivity index (χ1n) is 5.43. The van der Waals surface area contributed by atoms with Gasteiger partial charge in [-0.05, 0) is 30.0 Å². The van der Waals surface area contributed by atoms with Crippen LogP contribution in [0.2, 0.25) is 0 Å². The van der Waals surface area contributed by atoms with Crippen molar-refractivity contribution in [3.63, 3.8) is 0 Å². The van der Waals surface area contributed by atoms with Crippen LogP contribution < -0.4 is 5.32 Å². The van der Waals surface area contributed by atoms with E-state index < -0.39 is 0 Å². The number of hydrogen-bond donors (Lipinski definition) is 1. The molecular formula is C12H15N3S. The zero-order valence-corrected chi connectivity index (χ0v) is 10.1. The van der Waals surface area contributed by atoms with Crippen LogP contribution in [-0.4, -0.2) is 10.2 Å². The van der Waals surface area contributed by atoms with E-state index in [-0.39, 0.29) is 0 Å². The predicted molar refractivity (Wildman–Crippen MR) is 66.2 cm³/mol. The van der Waals surface area contributed by atoms with Gasteiger partial charge in [-0.25, -0.2) is 0 Å². The summed E-state index contributed by atoms with van der Waals surface area (Å²) in [6, 6.07) is 8.58. The van der Waals surface area contributed by atoms with E-state index in [0.717, 1.165) is 18.7 Å². The van der Waals surface area contributed by atoms with Crippen LogP contribution in [0.1, 0.15) is 30.0 Å². The van der Waals surface area contributed by atoms with E-state index in [0.29, 0.717) is 6.04 Å². The van der Waals surface area contributed by atoms with Crippen LogP contribution in [0, 0.1) is 0 Å². The molecule has 0 amide bonds. The van der Waals surface area contributed by atoms with E-state index in [9.17, 15) is 0 Å². The third-order valence-corrected chi connectivity index (χ3v) is 3.44. The van der Waals surface area contributed by atoms with Crippen molar-refractivity contribution in [3.05, 3.63) is 46.4 Å². The van der Waals surface area contributed by atoms with Gasteiger partial charge >= 0.3 is 0 Å². The fourth-order valence-corrected chi connectivity index (χ4v) is 2.48. The molecule has 1 N–H and O–H groups in total. The van der Waals surface area contributed by atoms with E-state index >= 15 is 0 Å². The number of nitrogens with zero attached hydrogens (tertiary/aromatic N) is 2. The SMILES string of the molecule is CCC(NCc1cccnn1)c1cccs1. The molecule has 1 unspecified atom stereocenters. The topological polar surface area (TPSA) is 37.8 Å². The minimum atomic E-state index is 0.419. The van der Waals surface area contributed by atoms with Gasteiger partial charge in [-0.3, -0.25) is 0 Å². The molecule has 0 saturated heterocycles. The molecule has 2 aromatic rings. The van der Waals surface area contributed by atoms with Crippen molar-refractivity contribution in [1.82, 2.24) is 15.5 Å². The van der Waals surface area contributed by atoms with Crippen LogP contribution in [0.15, 0.2) is 35.8 Å². The van der Waals surface area contributed by atoms with Gasteiger partial charge in [-0.2, -0.15) is 10.2 Å². The monoisotopic (exact) mass is 233 g/mol. The fourth-order valence-electron chi connectivity index (χ4n) is 1.59. The summed E-state index contributed by atoms with van der Waals surface area (Å²) in [6.45, 7) is 2.96. The van der Waals surface area contributed by atoms with Gasteiger partial charge in [0.1, 0.15) is 0 Å². The van der Waals surface area contributed by atoms with Crippen LogP contribution in [-0.2, 0) is 6.54 Å². The highest BCUT2D eigenvalue weighted by Gasteiger charge is 2.09. The van der Waals surface area contributed by atoms with E-state index in [1.165, 1.54) is 4.88 Å². The molecule has 0 spiro atoms. The number of hydrogen-bond acceptors (Lipinski definition) is 4. The molecule has 0 aliphatic rings. The maximum atomic E-state index is 4.06. The largest absolute Gasteiger partial charge is 0.303 e. The molecule has 0 saturated carbocycles. The molecule has 84 valence electrons. The summed E-state index contributed by atoms with van der Waals surface area (Å²) in [7, 11) is 0. The minimum Gasteiger partial charge on any atom is -0.303 e. The Hall–Kier alpha value is -1.26. The number of rotatable bonds is 5. The van der Waals surface area contributed by atoms with Crippen LogP contribution in [0.4, 0.5) is 0 Å². The Morgan fingerprint density at radius 3 is 2.94 bits per heavy atom. The van der Waals surface area contributed by atoms with E-state index in [4.69, 9.17) is 0 Å². The first-order valence-corrected chi connectivity index (χ1v) is 6.31. The van der Waals surface area contributed by atoms with Gasteiger partial charge in [0.05, 0.1) is 5.69 Å². The lowest BCUT2D eigenvalue weighted by atomic mass is 10.2. The normalized spacial score (nSPS) is 12.6. The van der Waals surface area contributed by atoms with Crippen molar-refractivity contribution in [2.45, 2.75) is 25.9 Å². The van der Waals surface area contributed by atoms with E-state index in [1.807, 2.05) is 12.1 Å². The lowest BCUT2D eigenvalue weighted by Gasteiger charge is -2.14. The Bertz CT molecular complexity index is 399. The van der Waals surface area contributed by atoms with Crippen LogP contribution in [0.25, 0.3) is 0 Å². The molecule has 0 aliphatic carbocycles. The summed E-state index contributed by atoms with van der Waals surface area (Å²) < 4.78 is 0. The lowest BCUT2D eigenvalue weighted by molar-refractivity contribution is 0.519. The van der Waals surface area contributed by atoms with Crippen LogP contribution in [0.5, 0.6) is 0 Å². The summed E-state index contributed by atoms with van der Waals surface area (Å²) >= 11 is 1.79. The molecule has 2 aromatic heterocycles. The van der Waals surface area contributed by atoms with Gasteiger partial charge < -0.3 is 5.32 Å². The van der Waals surface area contributed by atoms with Gasteiger partial charge in [-0.1, -0.05) is 13.0 Å². The molecule has 2 rings (SSSR count). The molecule has 16 heavy (non-hydrogen) atoms. The average Bonchev–Trinajstić information content (AvgIpc) is 2.85. The summed E-state index contributed by atoms with van der Waals surface area (Å²) in [4.78, 5) is 1.38. The quantitative estimate of drug-likeness (QED) is 0.863. The molecule has 0 radical (unpaired) electrons. The van der Waals surface area contributed by atoms with E-state index in [2.05, 4.69) is 40.0 Å². The molecule has 0 fully saturated rings. The maximum absolute atomic E-state index is 4.06. The lowest BCUT2D eigenvalue weighted by Crippen LogP contribution is -2.20. The smallest absolute Gasteiger partial charge is 0.0769 e. The second-order valence-electron chi connectivity index (χ2n) is 3.57. The van der Waals surface area contributed by atoms with Crippen molar-refractivity contribution in [3.8, 4) is 0 Å². The first kappa shape index (κ1) is 11.2. The Morgan fingerprint density at radius 1 is 1.38 bits per heavy atom. The summed E-state index contributed by atoms with van der Waals surface area (Å²) in [5, 5.41) is 13.5. The van der Waals surface area contributed by atoms with Crippen LogP contribution in [0.3, 0.4) is 0 Å². The van der Waals surface area contributed by atoms with Gasteiger partial charge in [-0.15, -0.1) is 11.3 Å². The second kappa shape index (κ2) is 5.72. The van der Waals surface area contributed by atoms with Crippen LogP contribution >= 0.6 is 11.3 Å². The molecule has 0 aromatic carbocycles. The highest BCUT2D eigenvalue weighted by molar-refractivity contribution is 7.10. The Kier molecular flexibility index (Phi) is 4.02. The fraction of sp³-hybridized carbons (Fsp3) is 0.333. The van der Waals surface area contributed by atoms with Gasteiger partial charge in [0.2, 0.25) is 0 Å². The molecular weight excluding hydrogens is 218 g/mol. The average molecular weight is 233 g/mol. The Balaban J connectivity index is 1.94. The highest BCUT2D eigenvalue weighted by Crippen LogP contribution is 2.21. The summed E-state index contributed by atoms with van der Waals surface area (Å²) in [6.07, 6.45) is 2.78. The van der Waals surface area contributed by atoms with Gasteiger partial charge in [0, 0.05) is 23.7 Å². The predicted octanol–water partition coefficient (Wildman–Crippen LogP) is 2.78. The molecule has 0 bridgehead atoms. The highest BCUT2D eigenvalue weighted by atomic mass is 32.1. The van der Waals surface area contributed by atoms with E-state index in [1.54, 1.807) is 17.5 Å². The number of aromatic nitrogens is 2. The Labute approximate surface area is 99.5 Å². The van der Waals surface area contributed by atoms with Gasteiger partial charge in [0.25, 0.3) is 0 Å². The molecule has 3 nitrogen and oxygen atoms in total. The summed E-state index contributed by atoms with van der Waals surface area (Å²) in [5.74, 6) is 0. The van der Waals surface area contributed by atoms with Crippen molar-refractivity contribution in [2.24, 2.45) is 0 Å². The van der Waals surface area contributed by atoms with Crippen molar-refractivity contribution < 1.29 is 0 Å². The zero-order chi connectivity index (χ0) is 11.2. The third-order valence-electron chi connectivity index (χ3n) is 2.45. The number of nitrogens with one attached hydrogen (secondary N) is 1. The number of thiophene rings is 1. The maximum Gasteiger partial charge on any atom is 0.0769 e. The zero-order valence-electron chi connectivity index (χ0n) is 9.26. The molecule has 0 aliphatic heterocycles. The van der Waals surface area contributed by atoms with Crippen molar-refractivity contribution in [2.75, 3.05) is 0 Å². The molecule has 1 atom stereocenters. The van der Waals surface area contributed by atoms with Crippen molar-refractivity contribution >= 4 is 11.3 Å². The van der Waals surface area contributed by atoms with Gasteiger partial charge in [0.15, 0.2) is 0 Å². The standard InChI is InChI=1S/C12H15N3S/c1-2-11(12-6-4-8-16-12)13-9-10-5-3-7-14-15-10/h3-8,11,13H,2,9H2,1H3.